The first-order valence-electron chi connectivity index (χ1n) is 5.81. The molecule has 1 aromatic rings. The first-order valence-corrected chi connectivity index (χ1v) is 5.81. The van der Waals surface area contributed by atoms with Gasteiger partial charge in [0.2, 0.25) is 0 Å². The van der Waals surface area contributed by atoms with E-state index < -0.39 is 12.5 Å². The minimum atomic E-state index is -2.95. The van der Waals surface area contributed by atoms with Gasteiger partial charge in [-0.2, -0.15) is 8.78 Å². The summed E-state index contributed by atoms with van der Waals surface area (Å²) in [5.41, 5.74) is 5.91. The predicted molar refractivity (Wildman–Crippen MR) is 66.1 cm³/mol. The van der Waals surface area contributed by atoms with Crippen LogP contribution in [0.4, 0.5) is 8.78 Å². The highest BCUT2D eigenvalue weighted by atomic mass is 19.3. The summed E-state index contributed by atoms with van der Waals surface area (Å²) in [4.78, 5) is 0. The van der Waals surface area contributed by atoms with Gasteiger partial charge in [0, 0.05) is 17.6 Å². The molecule has 1 rings (SSSR count). The van der Waals surface area contributed by atoms with Gasteiger partial charge in [-0.3, -0.25) is 0 Å². The molecule has 0 saturated carbocycles. The van der Waals surface area contributed by atoms with Gasteiger partial charge in [0.15, 0.2) is 0 Å². The predicted octanol–water partition coefficient (Wildman–Crippen LogP) is 2.80. The molecule has 2 nitrogen and oxygen atoms in total. The quantitative estimate of drug-likeness (QED) is 0.833. The number of hydrogen-bond acceptors (Lipinski definition) is 2. The summed E-state index contributed by atoms with van der Waals surface area (Å²) in [6, 6.07) is 6.78. The van der Waals surface area contributed by atoms with Crippen molar-refractivity contribution in [1.29, 1.82) is 0 Å². The lowest BCUT2D eigenvalue weighted by Crippen LogP contribution is -2.27. The van der Waals surface area contributed by atoms with Gasteiger partial charge in [-0.25, -0.2) is 0 Å². The highest BCUT2D eigenvalue weighted by Crippen LogP contribution is 2.28. The lowest BCUT2D eigenvalue weighted by atomic mass is 10.0. The molecule has 0 heterocycles. The van der Waals surface area contributed by atoms with E-state index in [1.54, 1.807) is 6.07 Å². The Morgan fingerprint density at radius 3 is 2.47 bits per heavy atom. The maximum atomic E-state index is 13.4. The third-order valence-corrected chi connectivity index (χ3v) is 2.65. The zero-order valence-corrected chi connectivity index (χ0v) is 10.5. The van der Waals surface area contributed by atoms with Crippen molar-refractivity contribution in [3.8, 4) is 0 Å². The largest absolute Gasteiger partial charge is 0.325 e. The van der Waals surface area contributed by atoms with Gasteiger partial charge in [0.05, 0.1) is 6.54 Å². The summed E-state index contributed by atoms with van der Waals surface area (Å²) in [6.45, 7) is 5.34. The molecule has 0 fully saturated rings. The van der Waals surface area contributed by atoms with Crippen LogP contribution in [-0.2, 0) is 5.92 Å². The van der Waals surface area contributed by atoms with E-state index >= 15 is 0 Å². The maximum Gasteiger partial charge on any atom is 0.285 e. The second-order valence-electron chi connectivity index (χ2n) is 4.58. The van der Waals surface area contributed by atoms with Crippen LogP contribution in [0.15, 0.2) is 24.3 Å². The Labute approximate surface area is 101 Å². The number of nitrogens with two attached hydrogens (primary N) is 1. The van der Waals surface area contributed by atoms with Crippen molar-refractivity contribution in [2.24, 2.45) is 5.73 Å². The van der Waals surface area contributed by atoms with Crippen molar-refractivity contribution in [2.75, 3.05) is 6.54 Å². The molecule has 0 saturated heterocycles. The zero-order valence-electron chi connectivity index (χ0n) is 10.5. The monoisotopic (exact) mass is 242 g/mol. The summed E-state index contributed by atoms with van der Waals surface area (Å²) in [7, 11) is 0. The van der Waals surface area contributed by atoms with Crippen molar-refractivity contribution in [3.63, 3.8) is 0 Å². The molecule has 1 atom stereocenters. The third-order valence-electron chi connectivity index (χ3n) is 2.65. The molecule has 1 aromatic carbocycles. The number of alkyl halides is 2. The molecular formula is C13H20F2N2. The lowest BCUT2D eigenvalue weighted by molar-refractivity contribution is 0.00585. The Morgan fingerprint density at radius 2 is 1.94 bits per heavy atom. The number of hydrogen-bond donors (Lipinski definition) is 2. The fourth-order valence-corrected chi connectivity index (χ4v) is 1.75. The van der Waals surface area contributed by atoms with Gasteiger partial charge in [0.1, 0.15) is 0 Å². The SMILES string of the molecule is CC(C)N[C@H](C)c1cccc(C(F)(F)CN)c1. The van der Waals surface area contributed by atoms with Crippen molar-refractivity contribution >= 4 is 0 Å². The van der Waals surface area contributed by atoms with Crippen LogP contribution in [0.3, 0.4) is 0 Å². The Morgan fingerprint density at radius 1 is 1.29 bits per heavy atom. The highest BCUT2D eigenvalue weighted by Gasteiger charge is 2.29. The molecule has 3 N–H and O–H groups in total. The smallest absolute Gasteiger partial charge is 0.285 e. The maximum absolute atomic E-state index is 13.4. The van der Waals surface area contributed by atoms with Crippen molar-refractivity contribution < 1.29 is 8.78 Å². The van der Waals surface area contributed by atoms with Crippen LogP contribution in [0.1, 0.15) is 37.9 Å². The molecule has 0 aliphatic heterocycles. The van der Waals surface area contributed by atoms with Crippen LogP contribution in [0.2, 0.25) is 0 Å². The lowest BCUT2D eigenvalue weighted by Gasteiger charge is -2.20. The van der Waals surface area contributed by atoms with Gasteiger partial charge in [-0.1, -0.05) is 32.0 Å². The van der Waals surface area contributed by atoms with Crippen LogP contribution in [0.25, 0.3) is 0 Å². The zero-order chi connectivity index (χ0) is 13.1. The Kier molecular flexibility index (Phi) is 4.60. The first-order chi connectivity index (χ1) is 7.86. The van der Waals surface area contributed by atoms with Crippen molar-refractivity contribution in [3.05, 3.63) is 35.4 Å². The summed E-state index contributed by atoms with van der Waals surface area (Å²) in [5, 5.41) is 3.28. The van der Waals surface area contributed by atoms with Gasteiger partial charge in [0.25, 0.3) is 5.92 Å². The van der Waals surface area contributed by atoms with E-state index in [-0.39, 0.29) is 11.6 Å². The Hall–Kier alpha value is -1.00. The molecule has 17 heavy (non-hydrogen) atoms. The Balaban J connectivity index is 2.93. The fraction of sp³-hybridized carbons (Fsp3) is 0.538. The van der Waals surface area contributed by atoms with Gasteiger partial charge in [-0.15, -0.1) is 0 Å². The molecule has 0 aliphatic carbocycles. The number of halogens is 2. The molecule has 96 valence electrons. The van der Waals surface area contributed by atoms with E-state index in [2.05, 4.69) is 5.32 Å². The third kappa shape index (κ3) is 3.75. The molecule has 0 unspecified atom stereocenters. The molecule has 0 radical (unpaired) electrons. The summed E-state index contributed by atoms with van der Waals surface area (Å²) in [5.74, 6) is -2.95. The van der Waals surface area contributed by atoms with Gasteiger partial charge >= 0.3 is 0 Å². The van der Waals surface area contributed by atoms with Gasteiger partial charge in [-0.05, 0) is 18.6 Å². The van der Waals surface area contributed by atoms with Crippen LogP contribution in [0, 0.1) is 0 Å². The minimum Gasteiger partial charge on any atom is -0.325 e. The topological polar surface area (TPSA) is 38.0 Å². The number of benzene rings is 1. The van der Waals surface area contributed by atoms with E-state index in [0.717, 1.165) is 5.56 Å². The molecule has 4 heteroatoms. The second-order valence-corrected chi connectivity index (χ2v) is 4.58. The minimum absolute atomic E-state index is 0.0186. The fourth-order valence-electron chi connectivity index (χ4n) is 1.75. The van der Waals surface area contributed by atoms with Gasteiger partial charge < -0.3 is 11.1 Å². The van der Waals surface area contributed by atoms with Crippen LogP contribution in [0.5, 0.6) is 0 Å². The average Bonchev–Trinajstić information content (AvgIpc) is 2.28. The molecular weight excluding hydrogens is 222 g/mol. The number of nitrogens with one attached hydrogen (secondary N) is 1. The summed E-state index contributed by atoms with van der Waals surface area (Å²) in [6.07, 6.45) is 0. The van der Waals surface area contributed by atoms with E-state index in [0.29, 0.717) is 6.04 Å². The van der Waals surface area contributed by atoms with Crippen molar-refractivity contribution in [2.45, 2.75) is 38.8 Å². The highest BCUT2D eigenvalue weighted by molar-refractivity contribution is 5.29. The van der Waals surface area contributed by atoms with E-state index in [9.17, 15) is 8.78 Å². The normalized spacial score (nSPS) is 14.1. The molecule has 0 aliphatic rings. The second kappa shape index (κ2) is 5.56. The van der Waals surface area contributed by atoms with Crippen LogP contribution >= 0.6 is 0 Å². The van der Waals surface area contributed by atoms with Crippen molar-refractivity contribution in [1.82, 2.24) is 5.32 Å². The molecule has 0 spiro atoms. The Bertz CT molecular complexity index is 364. The standard InChI is InChI=1S/C13H20F2N2/c1-9(2)17-10(3)11-5-4-6-12(7-11)13(14,15)8-16/h4-7,9-10,17H,8,16H2,1-3H3/t10-/m1/s1. The van der Waals surface area contributed by atoms with Crippen LogP contribution in [-0.4, -0.2) is 12.6 Å². The average molecular weight is 242 g/mol. The molecule has 0 bridgehead atoms. The van der Waals surface area contributed by atoms with E-state index in [1.165, 1.54) is 12.1 Å². The number of rotatable bonds is 5. The summed E-state index contributed by atoms with van der Waals surface area (Å²) < 4.78 is 26.9. The van der Waals surface area contributed by atoms with Crippen LogP contribution < -0.4 is 11.1 Å². The molecule has 0 amide bonds. The van der Waals surface area contributed by atoms with E-state index in [1.807, 2.05) is 26.8 Å². The first kappa shape index (κ1) is 14.1. The van der Waals surface area contributed by atoms with E-state index in [4.69, 9.17) is 5.73 Å². The summed E-state index contributed by atoms with van der Waals surface area (Å²) >= 11 is 0. The molecule has 0 aromatic heterocycles.